The van der Waals surface area contributed by atoms with Gasteiger partial charge in [-0.2, -0.15) is 0 Å². The molecular weight excluding hydrogens is 294 g/mol. The number of hydrogen-bond donors (Lipinski definition) is 1. The van der Waals surface area contributed by atoms with Crippen molar-refractivity contribution in [3.8, 4) is 0 Å². The molecule has 0 spiro atoms. The standard InChI is InChI=1S/C13H18BrN3O/c1-17-6-2-3-10(9-17)7-16-13(18)11-4-5-12(14)15-8-11/h4-5,8,10H,2-3,6-7,9H2,1H3,(H,16,18). The lowest BCUT2D eigenvalue weighted by Crippen LogP contribution is -2.39. The number of halogens is 1. The number of piperidine rings is 1. The second-order valence-corrected chi connectivity index (χ2v) is 5.66. The molecule has 1 N–H and O–H groups in total. The molecule has 5 heteroatoms. The van der Waals surface area contributed by atoms with E-state index in [0.717, 1.165) is 17.7 Å². The van der Waals surface area contributed by atoms with Crippen molar-refractivity contribution >= 4 is 21.8 Å². The maximum absolute atomic E-state index is 11.9. The van der Waals surface area contributed by atoms with Crippen molar-refractivity contribution in [2.45, 2.75) is 12.8 Å². The maximum Gasteiger partial charge on any atom is 0.252 e. The summed E-state index contributed by atoms with van der Waals surface area (Å²) in [6, 6.07) is 3.56. The molecule has 0 aromatic carbocycles. The van der Waals surface area contributed by atoms with Crippen LogP contribution in [0, 0.1) is 5.92 Å². The van der Waals surface area contributed by atoms with Gasteiger partial charge in [-0.05, 0) is 60.4 Å². The smallest absolute Gasteiger partial charge is 0.252 e. The van der Waals surface area contributed by atoms with E-state index >= 15 is 0 Å². The van der Waals surface area contributed by atoms with Gasteiger partial charge in [-0.1, -0.05) is 0 Å². The first-order valence-electron chi connectivity index (χ1n) is 6.23. The van der Waals surface area contributed by atoms with Crippen LogP contribution >= 0.6 is 15.9 Å². The van der Waals surface area contributed by atoms with E-state index in [1.807, 2.05) is 0 Å². The van der Waals surface area contributed by atoms with Gasteiger partial charge >= 0.3 is 0 Å². The number of nitrogens with one attached hydrogen (secondary N) is 1. The van der Waals surface area contributed by atoms with Gasteiger partial charge < -0.3 is 10.2 Å². The topological polar surface area (TPSA) is 45.2 Å². The van der Waals surface area contributed by atoms with E-state index in [-0.39, 0.29) is 5.91 Å². The quantitative estimate of drug-likeness (QED) is 0.867. The minimum absolute atomic E-state index is 0.0387. The first-order chi connectivity index (χ1) is 8.65. The van der Waals surface area contributed by atoms with Crippen molar-refractivity contribution in [2.75, 3.05) is 26.7 Å². The van der Waals surface area contributed by atoms with Crippen LogP contribution in [0.15, 0.2) is 22.9 Å². The van der Waals surface area contributed by atoms with Crippen molar-refractivity contribution in [1.82, 2.24) is 15.2 Å². The van der Waals surface area contributed by atoms with Gasteiger partial charge in [0.1, 0.15) is 4.60 Å². The summed E-state index contributed by atoms with van der Waals surface area (Å²) in [6.45, 7) is 2.99. The zero-order valence-corrected chi connectivity index (χ0v) is 12.1. The Labute approximate surface area is 116 Å². The van der Waals surface area contributed by atoms with Crippen molar-refractivity contribution in [2.24, 2.45) is 5.92 Å². The van der Waals surface area contributed by atoms with Crippen LogP contribution in [-0.2, 0) is 0 Å². The third-order valence-electron chi connectivity index (χ3n) is 3.26. The zero-order valence-electron chi connectivity index (χ0n) is 10.5. The van der Waals surface area contributed by atoms with Gasteiger partial charge in [-0.15, -0.1) is 0 Å². The van der Waals surface area contributed by atoms with E-state index in [2.05, 4.69) is 38.2 Å². The predicted molar refractivity (Wildman–Crippen MR) is 74.5 cm³/mol. The summed E-state index contributed by atoms with van der Waals surface area (Å²) in [6.07, 6.45) is 4.01. The minimum atomic E-state index is -0.0387. The molecule has 18 heavy (non-hydrogen) atoms. The number of rotatable bonds is 3. The summed E-state index contributed by atoms with van der Waals surface area (Å²) in [5.74, 6) is 0.527. The maximum atomic E-state index is 11.9. The van der Waals surface area contributed by atoms with Crippen molar-refractivity contribution < 1.29 is 4.79 Å². The van der Waals surface area contributed by atoms with Crippen molar-refractivity contribution in [3.05, 3.63) is 28.5 Å². The van der Waals surface area contributed by atoms with Crippen LogP contribution in [0.25, 0.3) is 0 Å². The van der Waals surface area contributed by atoms with Crippen LogP contribution < -0.4 is 5.32 Å². The van der Waals surface area contributed by atoms with Gasteiger partial charge in [0.15, 0.2) is 0 Å². The summed E-state index contributed by atoms with van der Waals surface area (Å²) in [5.41, 5.74) is 0.613. The Morgan fingerprint density at radius 1 is 1.61 bits per heavy atom. The average Bonchev–Trinajstić information content (AvgIpc) is 2.37. The number of hydrogen-bond acceptors (Lipinski definition) is 3. The molecule has 1 amide bonds. The van der Waals surface area contributed by atoms with Gasteiger partial charge in [0.05, 0.1) is 5.56 Å². The number of nitrogens with zero attached hydrogens (tertiary/aromatic N) is 2. The van der Waals surface area contributed by atoms with E-state index in [9.17, 15) is 4.79 Å². The average molecular weight is 312 g/mol. The fourth-order valence-corrected chi connectivity index (χ4v) is 2.52. The normalized spacial score (nSPS) is 20.7. The first kappa shape index (κ1) is 13.5. The van der Waals surface area contributed by atoms with E-state index in [4.69, 9.17) is 0 Å². The zero-order chi connectivity index (χ0) is 13.0. The van der Waals surface area contributed by atoms with Crippen LogP contribution in [0.2, 0.25) is 0 Å². The number of likely N-dealkylation sites (tertiary alicyclic amines) is 1. The Morgan fingerprint density at radius 2 is 2.44 bits per heavy atom. The summed E-state index contributed by atoms with van der Waals surface area (Å²) >= 11 is 3.25. The summed E-state index contributed by atoms with van der Waals surface area (Å²) < 4.78 is 0.743. The SMILES string of the molecule is CN1CCCC(CNC(=O)c2ccc(Br)nc2)C1. The molecule has 1 aliphatic heterocycles. The number of carbonyl (C=O) groups is 1. The summed E-state index contributed by atoms with van der Waals surface area (Å²) in [5, 5.41) is 2.99. The van der Waals surface area contributed by atoms with Gasteiger partial charge in [-0.3, -0.25) is 4.79 Å². The van der Waals surface area contributed by atoms with Crippen molar-refractivity contribution in [1.29, 1.82) is 0 Å². The Balaban J connectivity index is 1.82. The van der Waals surface area contributed by atoms with Crippen molar-refractivity contribution in [3.63, 3.8) is 0 Å². The molecule has 4 nitrogen and oxygen atoms in total. The number of carbonyl (C=O) groups excluding carboxylic acids is 1. The second-order valence-electron chi connectivity index (χ2n) is 4.85. The molecule has 1 atom stereocenters. The molecule has 1 aromatic heterocycles. The molecule has 2 heterocycles. The largest absolute Gasteiger partial charge is 0.352 e. The lowest BCUT2D eigenvalue weighted by Gasteiger charge is -2.29. The Bertz CT molecular complexity index is 407. The van der Waals surface area contributed by atoms with Gasteiger partial charge in [-0.25, -0.2) is 4.98 Å². The van der Waals surface area contributed by atoms with Gasteiger partial charge in [0.25, 0.3) is 5.91 Å². The highest BCUT2D eigenvalue weighted by molar-refractivity contribution is 9.10. The molecule has 0 aliphatic carbocycles. The van der Waals surface area contributed by atoms with E-state index < -0.39 is 0 Å². The fourth-order valence-electron chi connectivity index (χ4n) is 2.29. The third-order valence-corrected chi connectivity index (χ3v) is 3.73. The lowest BCUT2D eigenvalue weighted by atomic mass is 9.98. The third kappa shape index (κ3) is 3.78. The fraction of sp³-hybridized carbons (Fsp3) is 0.538. The van der Waals surface area contributed by atoms with E-state index in [1.54, 1.807) is 18.3 Å². The second kappa shape index (κ2) is 6.29. The Kier molecular flexibility index (Phi) is 4.72. The molecule has 1 fully saturated rings. The minimum Gasteiger partial charge on any atom is -0.352 e. The molecule has 0 radical (unpaired) electrons. The van der Waals surface area contributed by atoms with Crippen LogP contribution in [0.3, 0.4) is 0 Å². The molecule has 1 aliphatic rings. The molecule has 1 unspecified atom stereocenters. The lowest BCUT2D eigenvalue weighted by molar-refractivity contribution is 0.0936. The van der Waals surface area contributed by atoms with Crippen LogP contribution in [-0.4, -0.2) is 42.5 Å². The molecule has 98 valence electrons. The predicted octanol–water partition coefficient (Wildman–Crippen LogP) is 1.92. The Morgan fingerprint density at radius 3 is 3.11 bits per heavy atom. The molecular formula is C13H18BrN3O. The highest BCUT2D eigenvalue weighted by atomic mass is 79.9. The molecule has 1 saturated heterocycles. The number of pyridine rings is 1. The van der Waals surface area contributed by atoms with Crippen LogP contribution in [0.1, 0.15) is 23.2 Å². The van der Waals surface area contributed by atoms with E-state index in [1.165, 1.54) is 19.4 Å². The van der Waals surface area contributed by atoms with Crippen LogP contribution in [0.5, 0.6) is 0 Å². The molecule has 0 saturated carbocycles. The molecule has 2 rings (SSSR count). The highest BCUT2D eigenvalue weighted by Gasteiger charge is 2.17. The van der Waals surface area contributed by atoms with Gasteiger partial charge in [0.2, 0.25) is 0 Å². The number of amides is 1. The van der Waals surface area contributed by atoms with E-state index in [0.29, 0.717) is 11.5 Å². The highest BCUT2D eigenvalue weighted by Crippen LogP contribution is 2.14. The molecule has 1 aromatic rings. The number of aromatic nitrogens is 1. The monoisotopic (exact) mass is 311 g/mol. The first-order valence-corrected chi connectivity index (χ1v) is 7.03. The summed E-state index contributed by atoms with van der Waals surface area (Å²) in [4.78, 5) is 18.3. The van der Waals surface area contributed by atoms with Crippen LogP contribution in [0.4, 0.5) is 0 Å². The van der Waals surface area contributed by atoms with Gasteiger partial charge in [0, 0.05) is 19.3 Å². The molecule has 0 bridgehead atoms. The summed E-state index contributed by atoms with van der Waals surface area (Å²) in [7, 11) is 2.13. The Hall–Kier alpha value is -0.940.